The number of aliphatic imine (C=N–C) groups is 2. The average molecular weight is 724 g/mol. The lowest BCUT2D eigenvalue weighted by Crippen LogP contribution is -2.32. The van der Waals surface area contributed by atoms with E-state index >= 15 is 0 Å². The van der Waals surface area contributed by atoms with E-state index in [1.54, 1.807) is 48.3 Å². The molecule has 4 aromatic carbocycles. The van der Waals surface area contributed by atoms with Gasteiger partial charge in [-0.1, -0.05) is 54.1 Å². The Hall–Kier alpha value is -6.20. The molecule has 54 heavy (non-hydrogen) atoms. The molecule has 0 bridgehead atoms. The highest BCUT2D eigenvalue weighted by Gasteiger charge is 2.35. The molecule has 2 N–H and O–H groups in total. The molecule has 11 heteroatoms. The Labute approximate surface area is 314 Å². The van der Waals surface area contributed by atoms with Gasteiger partial charge in [-0.15, -0.1) is 0 Å². The maximum Gasteiger partial charge on any atom is 0.260 e. The van der Waals surface area contributed by atoms with Crippen molar-refractivity contribution in [1.82, 2.24) is 9.80 Å². The molecule has 4 heterocycles. The molecular weight excluding hydrogens is 683 g/mol. The van der Waals surface area contributed by atoms with Crippen molar-refractivity contribution >= 4 is 46.8 Å². The Balaban J connectivity index is 0.909. The van der Waals surface area contributed by atoms with Crippen LogP contribution < -0.4 is 24.7 Å². The van der Waals surface area contributed by atoms with Crippen LogP contribution in [0.5, 0.6) is 23.0 Å². The fraction of sp³-hybridized carbons (Fsp3) is 0.256. The lowest BCUT2D eigenvalue weighted by atomic mass is 10.0. The zero-order valence-electron chi connectivity index (χ0n) is 30.5. The standard InChI is InChI=1S/C43H41N5O6/c1-26-5-9-28(10-6-26)30-15-32-22-45-36-19-40(38(51-2)17-34(36)42(49)47(32)24-30)53-13-4-14-54-41-20-37-35(18-39(41)52-3)43(50)48-25-31(16-33(48)23-46-37)29-11-7-27(21-44)8-12-29/h5-12,17-20,22-25,32-33H,4,13-16,21,44H2,1-3H3/t32-,33-/m0/s1. The van der Waals surface area contributed by atoms with Crippen LogP contribution in [0.15, 0.2) is 95.2 Å². The molecule has 0 radical (unpaired) electrons. The van der Waals surface area contributed by atoms with E-state index < -0.39 is 0 Å². The molecule has 0 saturated heterocycles. The second-order valence-electron chi connectivity index (χ2n) is 13.7. The van der Waals surface area contributed by atoms with E-state index in [0.717, 1.165) is 27.8 Å². The highest BCUT2D eigenvalue weighted by Crippen LogP contribution is 2.41. The fourth-order valence-electron chi connectivity index (χ4n) is 7.19. The Kier molecular flexibility index (Phi) is 9.47. The van der Waals surface area contributed by atoms with Crippen molar-refractivity contribution in [3.8, 4) is 23.0 Å². The summed E-state index contributed by atoms with van der Waals surface area (Å²) < 4.78 is 23.5. The fourth-order valence-corrected chi connectivity index (χ4v) is 7.19. The number of carbonyl (C=O) groups excluding carboxylic acids is 2. The molecule has 4 aliphatic rings. The summed E-state index contributed by atoms with van der Waals surface area (Å²) in [7, 11) is 3.10. The van der Waals surface area contributed by atoms with E-state index in [1.807, 2.05) is 49.1 Å². The van der Waals surface area contributed by atoms with Crippen LogP contribution in [-0.2, 0) is 6.54 Å². The highest BCUT2D eigenvalue weighted by molar-refractivity contribution is 6.06. The monoisotopic (exact) mass is 723 g/mol. The Morgan fingerprint density at radius 1 is 0.667 bits per heavy atom. The third-order valence-corrected chi connectivity index (χ3v) is 10.2. The van der Waals surface area contributed by atoms with Crippen molar-refractivity contribution in [1.29, 1.82) is 0 Å². The highest BCUT2D eigenvalue weighted by atomic mass is 16.5. The first-order valence-electron chi connectivity index (χ1n) is 18.0. The van der Waals surface area contributed by atoms with E-state index in [0.29, 0.717) is 84.5 Å². The Bertz CT molecular complexity index is 2240. The van der Waals surface area contributed by atoms with Crippen LogP contribution in [-0.4, -0.2) is 73.6 Å². The zero-order chi connectivity index (χ0) is 37.3. The minimum atomic E-state index is -0.193. The van der Waals surface area contributed by atoms with E-state index in [9.17, 15) is 9.59 Å². The maximum absolute atomic E-state index is 13.7. The lowest BCUT2D eigenvalue weighted by Gasteiger charge is -2.19. The first-order valence-corrected chi connectivity index (χ1v) is 18.0. The Morgan fingerprint density at radius 2 is 1.13 bits per heavy atom. The molecular formula is C43H41N5O6. The van der Waals surface area contributed by atoms with Crippen molar-refractivity contribution < 1.29 is 28.5 Å². The van der Waals surface area contributed by atoms with Gasteiger partial charge in [-0.3, -0.25) is 19.6 Å². The molecule has 0 unspecified atom stereocenters. The van der Waals surface area contributed by atoms with Crippen LogP contribution in [0, 0.1) is 6.92 Å². The van der Waals surface area contributed by atoms with Crippen molar-refractivity contribution in [2.45, 2.75) is 44.8 Å². The van der Waals surface area contributed by atoms with Gasteiger partial charge in [0.1, 0.15) is 0 Å². The number of hydrogen-bond acceptors (Lipinski definition) is 9. The number of fused-ring (bicyclic) bond motifs is 4. The van der Waals surface area contributed by atoms with Crippen LogP contribution in [0.1, 0.15) is 62.2 Å². The van der Waals surface area contributed by atoms with Crippen LogP contribution in [0.3, 0.4) is 0 Å². The summed E-state index contributed by atoms with van der Waals surface area (Å²) in [5.41, 5.74) is 14.3. The molecule has 0 spiro atoms. The predicted octanol–water partition coefficient (Wildman–Crippen LogP) is 7.26. The Morgan fingerprint density at radius 3 is 1.57 bits per heavy atom. The molecule has 4 aliphatic heterocycles. The van der Waals surface area contributed by atoms with Gasteiger partial charge in [-0.25, -0.2) is 0 Å². The van der Waals surface area contributed by atoms with Crippen LogP contribution in [0.25, 0.3) is 11.1 Å². The molecule has 8 rings (SSSR count). The van der Waals surface area contributed by atoms with Gasteiger partial charge in [-0.05, 0) is 46.9 Å². The smallest absolute Gasteiger partial charge is 0.260 e. The van der Waals surface area contributed by atoms with E-state index in [-0.39, 0.29) is 23.9 Å². The number of aryl methyl sites for hydroxylation is 1. The van der Waals surface area contributed by atoms with Gasteiger partial charge in [-0.2, -0.15) is 0 Å². The van der Waals surface area contributed by atoms with Gasteiger partial charge in [0.2, 0.25) is 0 Å². The zero-order valence-corrected chi connectivity index (χ0v) is 30.5. The summed E-state index contributed by atoms with van der Waals surface area (Å²) in [6.45, 7) is 3.17. The number of nitrogens with zero attached hydrogens (tertiary/aromatic N) is 4. The quantitative estimate of drug-likeness (QED) is 0.161. The second kappa shape index (κ2) is 14.7. The van der Waals surface area contributed by atoms with Gasteiger partial charge in [0.05, 0.1) is 62.0 Å². The molecule has 0 aliphatic carbocycles. The maximum atomic E-state index is 13.7. The number of carbonyl (C=O) groups is 2. The van der Waals surface area contributed by atoms with E-state index in [2.05, 4.69) is 31.2 Å². The molecule has 0 aromatic heterocycles. The van der Waals surface area contributed by atoms with Crippen LogP contribution in [0.4, 0.5) is 11.4 Å². The summed E-state index contributed by atoms with van der Waals surface area (Å²) in [5.74, 6) is 1.57. The minimum absolute atomic E-state index is 0.135. The molecule has 2 atom stereocenters. The number of hydrogen-bond donors (Lipinski definition) is 1. The largest absolute Gasteiger partial charge is 0.493 e. The number of benzene rings is 4. The first-order chi connectivity index (χ1) is 26.3. The molecule has 0 saturated carbocycles. The predicted molar refractivity (Wildman–Crippen MR) is 209 cm³/mol. The molecule has 274 valence electrons. The third-order valence-electron chi connectivity index (χ3n) is 10.2. The van der Waals surface area contributed by atoms with Crippen molar-refractivity contribution in [2.24, 2.45) is 15.7 Å². The van der Waals surface area contributed by atoms with Gasteiger partial charge in [0.15, 0.2) is 23.0 Å². The molecule has 0 fully saturated rings. The molecule has 4 aromatic rings. The number of ether oxygens (including phenoxy) is 4. The number of nitrogens with two attached hydrogens (primary N) is 1. The van der Waals surface area contributed by atoms with Crippen molar-refractivity contribution in [3.63, 3.8) is 0 Å². The number of rotatable bonds is 11. The van der Waals surface area contributed by atoms with Crippen LogP contribution in [0.2, 0.25) is 0 Å². The normalized spacial score (nSPS) is 18.2. The van der Waals surface area contributed by atoms with Gasteiger partial charge in [0, 0.05) is 62.8 Å². The minimum Gasteiger partial charge on any atom is -0.493 e. The number of methoxy groups -OCH3 is 2. The number of amides is 2. The summed E-state index contributed by atoms with van der Waals surface area (Å²) in [4.78, 5) is 40.4. The van der Waals surface area contributed by atoms with Gasteiger partial charge >= 0.3 is 0 Å². The summed E-state index contributed by atoms with van der Waals surface area (Å²) >= 11 is 0. The summed E-state index contributed by atoms with van der Waals surface area (Å²) in [5, 5.41) is 0. The van der Waals surface area contributed by atoms with E-state index in [4.69, 9.17) is 34.7 Å². The first kappa shape index (κ1) is 34.9. The topological polar surface area (TPSA) is 128 Å². The summed E-state index contributed by atoms with van der Waals surface area (Å²) in [6, 6.07) is 22.9. The SMILES string of the molecule is COc1cc2c(cc1OCCCOc1cc3c(cc1OC)C(=O)N1C=C(c4ccc(CN)cc4)C[C@H]1C=N3)N=C[C@@H]1CC(c3ccc(C)cc3)=CN1C2=O. The average Bonchev–Trinajstić information content (AvgIpc) is 3.78. The van der Waals surface area contributed by atoms with Crippen molar-refractivity contribution in [2.75, 3.05) is 27.4 Å². The van der Waals surface area contributed by atoms with Gasteiger partial charge < -0.3 is 34.5 Å². The molecule has 2 amide bonds. The van der Waals surface area contributed by atoms with Crippen LogP contribution >= 0.6 is 0 Å². The lowest BCUT2D eigenvalue weighted by molar-refractivity contribution is 0.0809. The molecule has 11 nitrogen and oxygen atoms in total. The van der Waals surface area contributed by atoms with E-state index in [1.165, 1.54) is 5.56 Å². The van der Waals surface area contributed by atoms with Gasteiger partial charge in [0.25, 0.3) is 11.8 Å². The summed E-state index contributed by atoms with van der Waals surface area (Å²) in [6.07, 6.45) is 9.37. The third kappa shape index (κ3) is 6.62. The second-order valence-corrected chi connectivity index (χ2v) is 13.7. The van der Waals surface area contributed by atoms with Crippen molar-refractivity contribution in [3.05, 3.63) is 119 Å².